The molecular weight excluding hydrogens is 296 g/mol. The van der Waals surface area contributed by atoms with Crippen LogP contribution in [-0.4, -0.2) is 38.8 Å². The highest BCUT2D eigenvalue weighted by molar-refractivity contribution is 8.17. The summed E-state index contributed by atoms with van der Waals surface area (Å²) in [4.78, 5) is 3.67. The lowest BCUT2D eigenvalue weighted by Gasteiger charge is -2.34. The second kappa shape index (κ2) is 6.88. The number of nitriles is 1. The second-order valence-electron chi connectivity index (χ2n) is 4.21. The maximum Gasteiger partial charge on any atom is 0.0991 e. The van der Waals surface area contributed by atoms with Crippen LogP contribution < -0.4 is 0 Å². The molecule has 0 radical (unpaired) electrons. The first-order valence-electron chi connectivity index (χ1n) is 5.84. The van der Waals surface area contributed by atoms with Crippen LogP contribution in [0, 0.1) is 11.3 Å². The molecule has 2 rings (SSSR count). The monoisotopic (exact) mass is 308 g/mol. The molecule has 0 spiro atoms. The molecule has 1 aromatic carbocycles. The number of hydrogen-bond acceptors (Lipinski definition) is 6. The van der Waals surface area contributed by atoms with E-state index in [2.05, 4.69) is 10.0 Å². The van der Waals surface area contributed by atoms with Gasteiger partial charge in [-0.25, -0.2) is 0 Å². The summed E-state index contributed by atoms with van der Waals surface area (Å²) >= 11 is 2.91. The van der Waals surface area contributed by atoms with Crippen LogP contribution in [-0.2, 0) is 0 Å². The highest BCUT2D eigenvalue weighted by atomic mass is 32.2. The summed E-state index contributed by atoms with van der Waals surface area (Å²) in [6.07, 6.45) is -1.93. The quantitative estimate of drug-likeness (QED) is 0.504. The third-order valence-electron chi connectivity index (χ3n) is 2.87. The Bertz CT molecular complexity index is 554. The van der Waals surface area contributed by atoms with E-state index in [1.165, 1.54) is 23.5 Å². The van der Waals surface area contributed by atoms with Crippen molar-refractivity contribution in [1.29, 1.82) is 5.26 Å². The van der Waals surface area contributed by atoms with E-state index in [0.717, 1.165) is 4.90 Å². The topological polar surface area (TPSA) is 113 Å². The maximum atomic E-state index is 9.91. The van der Waals surface area contributed by atoms with Crippen molar-refractivity contribution < 1.29 is 10.2 Å². The lowest BCUT2D eigenvalue weighted by atomic mass is 10.1. The zero-order valence-corrected chi connectivity index (χ0v) is 12.0. The van der Waals surface area contributed by atoms with Crippen molar-refractivity contribution >= 4 is 23.5 Å². The molecule has 0 aromatic heterocycles. The molecule has 8 heteroatoms. The van der Waals surface area contributed by atoms with Crippen LogP contribution in [0.15, 0.2) is 34.3 Å². The van der Waals surface area contributed by atoms with E-state index in [9.17, 15) is 10.2 Å². The summed E-state index contributed by atoms with van der Waals surface area (Å²) in [5.41, 5.74) is 9.16. The maximum absolute atomic E-state index is 9.91. The number of azide groups is 1. The fourth-order valence-electron chi connectivity index (χ4n) is 1.81. The Morgan fingerprint density at radius 1 is 1.40 bits per heavy atom. The van der Waals surface area contributed by atoms with Gasteiger partial charge in [0.2, 0.25) is 0 Å². The van der Waals surface area contributed by atoms with Crippen LogP contribution in [0.1, 0.15) is 5.56 Å². The zero-order valence-electron chi connectivity index (χ0n) is 10.3. The number of aliphatic hydroxyl groups is 2. The minimum Gasteiger partial charge on any atom is -0.390 e. The fraction of sp³-hybridized carbons (Fsp3) is 0.417. The molecule has 1 heterocycles. The second-order valence-corrected chi connectivity index (χ2v) is 6.90. The fourth-order valence-corrected chi connectivity index (χ4v) is 4.56. The molecule has 0 bridgehead atoms. The van der Waals surface area contributed by atoms with E-state index in [1.807, 2.05) is 18.2 Å². The van der Waals surface area contributed by atoms with Gasteiger partial charge in [-0.1, -0.05) is 5.11 Å². The summed E-state index contributed by atoms with van der Waals surface area (Å²) in [6.45, 7) is 0. The van der Waals surface area contributed by atoms with Crippen molar-refractivity contribution in [2.75, 3.05) is 5.75 Å². The van der Waals surface area contributed by atoms with Crippen LogP contribution in [0.25, 0.3) is 10.4 Å². The highest BCUT2D eigenvalue weighted by Crippen LogP contribution is 2.39. The van der Waals surface area contributed by atoms with Gasteiger partial charge in [-0.2, -0.15) is 5.26 Å². The van der Waals surface area contributed by atoms with Gasteiger partial charge in [-0.15, -0.1) is 23.5 Å². The Hall–Kier alpha value is -1.36. The van der Waals surface area contributed by atoms with Gasteiger partial charge in [-0.05, 0) is 29.8 Å². The van der Waals surface area contributed by atoms with Crippen molar-refractivity contribution in [3.05, 3.63) is 40.3 Å². The van der Waals surface area contributed by atoms with Crippen LogP contribution >= 0.6 is 23.5 Å². The third kappa shape index (κ3) is 3.39. The van der Waals surface area contributed by atoms with Gasteiger partial charge < -0.3 is 10.2 Å². The van der Waals surface area contributed by atoms with Gasteiger partial charge in [0.25, 0.3) is 0 Å². The average molecular weight is 308 g/mol. The third-order valence-corrected chi connectivity index (χ3v) is 5.77. The zero-order chi connectivity index (χ0) is 14.5. The van der Waals surface area contributed by atoms with Gasteiger partial charge in [-0.3, -0.25) is 0 Å². The molecule has 1 aliphatic rings. The molecule has 2 N–H and O–H groups in total. The van der Waals surface area contributed by atoms with E-state index in [4.69, 9.17) is 10.8 Å². The SMILES string of the molecule is N#Cc1ccc(S[C@@H]2SC[C@@H](O)[C@@H](O)[C@@H]2N=[N+]=[N-])cc1. The normalized spacial score (nSPS) is 29.2. The first kappa shape index (κ1) is 15.0. The molecule has 0 amide bonds. The predicted molar refractivity (Wildman–Crippen MR) is 78.2 cm³/mol. The number of nitrogens with zero attached hydrogens (tertiary/aromatic N) is 4. The molecule has 20 heavy (non-hydrogen) atoms. The van der Waals surface area contributed by atoms with Crippen molar-refractivity contribution in [3.63, 3.8) is 0 Å². The first-order valence-corrected chi connectivity index (χ1v) is 7.77. The predicted octanol–water partition coefficient (Wildman–Crippen LogP) is 2.12. The molecule has 0 aliphatic carbocycles. The van der Waals surface area contributed by atoms with E-state index in [1.54, 1.807) is 12.1 Å². The van der Waals surface area contributed by atoms with Gasteiger partial charge in [0.05, 0.1) is 34.5 Å². The molecular formula is C12H12N4O2S2. The molecule has 0 saturated carbocycles. The van der Waals surface area contributed by atoms with Gasteiger partial charge in [0.15, 0.2) is 0 Å². The number of aliphatic hydroxyl groups excluding tert-OH is 2. The number of hydrogen-bond donors (Lipinski definition) is 2. The smallest absolute Gasteiger partial charge is 0.0991 e. The van der Waals surface area contributed by atoms with Crippen molar-refractivity contribution in [2.45, 2.75) is 27.7 Å². The molecule has 4 atom stereocenters. The minimum absolute atomic E-state index is 0.169. The summed E-state index contributed by atoms with van der Waals surface area (Å²) in [7, 11) is 0. The molecule has 1 fully saturated rings. The van der Waals surface area contributed by atoms with Gasteiger partial charge in [0.1, 0.15) is 0 Å². The molecule has 1 aliphatic heterocycles. The Labute approximate surface area is 124 Å². The largest absolute Gasteiger partial charge is 0.390 e. The molecule has 1 saturated heterocycles. The van der Waals surface area contributed by atoms with Crippen LogP contribution in [0.5, 0.6) is 0 Å². The van der Waals surface area contributed by atoms with Crippen LogP contribution in [0.2, 0.25) is 0 Å². The lowest BCUT2D eigenvalue weighted by molar-refractivity contribution is 0.0173. The Balaban J connectivity index is 2.13. The number of thioether (sulfide) groups is 2. The Morgan fingerprint density at radius 2 is 2.10 bits per heavy atom. The molecule has 0 unspecified atom stereocenters. The van der Waals surface area contributed by atoms with E-state index >= 15 is 0 Å². The van der Waals surface area contributed by atoms with E-state index < -0.39 is 18.2 Å². The summed E-state index contributed by atoms with van der Waals surface area (Å²) in [5.74, 6) is 0.395. The Kier molecular flexibility index (Phi) is 5.17. The summed E-state index contributed by atoms with van der Waals surface area (Å²) < 4.78 is -0.169. The molecule has 104 valence electrons. The minimum atomic E-state index is -1.05. The first-order chi connectivity index (χ1) is 9.65. The Morgan fingerprint density at radius 3 is 2.70 bits per heavy atom. The summed E-state index contributed by atoms with van der Waals surface area (Å²) in [6, 6.07) is 8.41. The van der Waals surface area contributed by atoms with Gasteiger partial charge in [0, 0.05) is 15.6 Å². The van der Waals surface area contributed by atoms with E-state index in [0.29, 0.717) is 11.3 Å². The van der Waals surface area contributed by atoms with Crippen LogP contribution in [0.3, 0.4) is 0 Å². The number of rotatable bonds is 3. The lowest BCUT2D eigenvalue weighted by Crippen LogP contribution is -2.46. The van der Waals surface area contributed by atoms with E-state index in [-0.39, 0.29) is 4.58 Å². The number of benzene rings is 1. The highest BCUT2D eigenvalue weighted by Gasteiger charge is 2.38. The van der Waals surface area contributed by atoms with Crippen molar-refractivity contribution in [3.8, 4) is 6.07 Å². The van der Waals surface area contributed by atoms with Crippen molar-refractivity contribution in [1.82, 2.24) is 0 Å². The molecule has 1 aromatic rings. The standard InChI is InChI=1S/C12H12N4O2S2/c13-5-7-1-3-8(4-2-7)20-12-10(15-16-14)11(18)9(17)6-19-12/h1-4,9-12,17-18H,6H2/t9-,10+,11-,12+/m1/s1. The van der Waals surface area contributed by atoms with Crippen molar-refractivity contribution in [2.24, 2.45) is 5.11 Å². The summed E-state index contributed by atoms with van der Waals surface area (Å²) in [5, 5.41) is 31.9. The molecule has 6 nitrogen and oxygen atoms in total. The van der Waals surface area contributed by atoms with Crippen LogP contribution in [0.4, 0.5) is 0 Å². The average Bonchev–Trinajstić information content (AvgIpc) is 2.47. The van der Waals surface area contributed by atoms with Gasteiger partial charge >= 0.3 is 0 Å².